The molecule has 2 atom stereocenters. The Bertz CT molecular complexity index is 406. The van der Waals surface area contributed by atoms with Crippen LogP contribution in [0.3, 0.4) is 0 Å². The van der Waals surface area contributed by atoms with Crippen molar-refractivity contribution < 1.29 is 9.52 Å². The number of aliphatic hydroxyl groups is 1. The van der Waals surface area contributed by atoms with E-state index in [0.29, 0.717) is 5.92 Å². The highest BCUT2D eigenvalue weighted by Gasteiger charge is 2.34. The molecule has 100 valence electrons. The summed E-state index contributed by atoms with van der Waals surface area (Å²) in [5, 5.41) is 10.1. The van der Waals surface area contributed by atoms with Gasteiger partial charge in [-0.2, -0.15) is 0 Å². The maximum absolute atomic E-state index is 10.1. The van der Waals surface area contributed by atoms with Crippen molar-refractivity contribution >= 4 is 6.08 Å². The van der Waals surface area contributed by atoms with Crippen molar-refractivity contribution in [2.75, 3.05) is 19.6 Å². The molecule has 2 heterocycles. The summed E-state index contributed by atoms with van der Waals surface area (Å²) >= 11 is 0. The fraction of sp³-hybridized carbons (Fsp3) is 0.600. The highest BCUT2D eigenvalue weighted by molar-refractivity contribution is 5.46. The minimum Gasteiger partial charge on any atom is -0.465 e. The van der Waals surface area contributed by atoms with Crippen molar-refractivity contribution in [2.45, 2.75) is 32.8 Å². The van der Waals surface area contributed by atoms with E-state index in [4.69, 9.17) is 4.42 Å². The molecular weight excluding hydrogens is 226 g/mol. The molecule has 0 aliphatic carbocycles. The van der Waals surface area contributed by atoms with Crippen LogP contribution in [0.1, 0.15) is 33.0 Å². The topological polar surface area (TPSA) is 36.6 Å². The Hall–Kier alpha value is -1.06. The lowest BCUT2D eigenvalue weighted by Crippen LogP contribution is -2.49. The standard InChI is InChI=1S/C15H23NO2/c1-12(9-14-5-4-8-18-14)10-16-7-6-15(3,17)13(2)11-16/h4-5,8-9,13,17H,6-7,10-11H2,1-3H3/b12-9+/t13-,15+/m1/s1. The number of furan rings is 1. The monoisotopic (exact) mass is 249 g/mol. The molecule has 0 saturated carbocycles. The largest absolute Gasteiger partial charge is 0.465 e. The van der Waals surface area contributed by atoms with Crippen LogP contribution >= 0.6 is 0 Å². The van der Waals surface area contributed by atoms with Gasteiger partial charge in [0, 0.05) is 19.6 Å². The zero-order chi connectivity index (χ0) is 13.2. The Morgan fingerprint density at radius 3 is 3.06 bits per heavy atom. The second-order valence-corrected chi connectivity index (χ2v) is 5.75. The molecule has 0 aromatic carbocycles. The maximum atomic E-state index is 10.1. The number of likely N-dealkylation sites (tertiary alicyclic amines) is 1. The second-order valence-electron chi connectivity index (χ2n) is 5.75. The van der Waals surface area contributed by atoms with Gasteiger partial charge < -0.3 is 9.52 Å². The third kappa shape index (κ3) is 3.24. The lowest BCUT2D eigenvalue weighted by atomic mass is 9.84. The van der Waals surface area contributed by atoms with Gasteiger partial charge in [0.2, 0.25) is 0 Å². The van der Waals surface area contributed by atoms with Gasteiger partial charge in [0.15, 0.2) is 0 Å². The first-order valence-electron chi connectivity index (χ1n) is 6.63. The molecule has 18 heavy (non-hydrogen) atoms. The van der Waals surface area contributed by atoms with E-state index >= 15 is 0 Å². The fourth-order valence-electron chi connectivity index (χ4n) is 2.46. The smallest absolute Gasteiger partial charge is 0.126 e. The van der Waals surface area contributed by atoms with Crippen molar-refractivity contribution in [1.29, 1.82) is 0 Å². The SMILES string of the molecule is C/C(=C\c1ccco1)CN1CC[C@](C)(O)[C@H](C)C1. The third-order valence-electron chi connectivity index (χ3n) is 3.93. The van der Waals surface area contributed by atoms with Crippen LogP contribution in [0, 0.1) is 5.92 Å². The Balaban J connectivity index is 1.91. The van der Waals surface area contributed by atoms with Gasteiger partial charge in [0.05, 0.1) is 11.9 Å². The van der Waals surface area contributed by atoms with E-state index in [1.54, 1.807) is 6.26 Å². The molecule has 1 saturated heterocycles. The van der Waals surface area contributed by atoms with Gasteiger partial charge in [-0.25, -0.2) is 0 Å². The van der Waals surface area contributed by atoms with E-state index in [1.807, 2.05) is 19.1 Å². The molecule has 1 fully saturated rings. The number of nitrogens with zero attached hydrogens (tertiary/aromatic N) is 1. The lowest BCUT2D eigenvalue weighted by Gasteiger charge is -2.41. The number of piperidine rings is 1. The zero-order valence-electron chi connectivity index (χ0n) is 11.5. The summed E-state index contributed by atoms with van der Waals surface area (Å²) in [5.41, 5.74) is 0.786. The first-order valence-corrected chi connectivity index (χ1v) is 6.63. The summed E-state index contributed by atoms with van der Waals surface area (Å²) in [6, 6.07) is 3.87. The Morgan fingerprint density at radius 1 is 1.67 bits per heavy atom. The predicted octanol–water partition coefficient (Wildman–Crippen LogP) is 2.78. The molecule has 1 aromatic rings. The third-order valence-corrected chi connectivity index (χ3v) is 3.93. The number of rotatable bonds is 3. The Morgan fingerprint density at radius 2 is 2.44 bits per heavy atom. The van der Waals surface area contributed by atoms with Crippen molar-refractivity contribution in [2.24, 2.45) is 5.92 Å². The Labute approximate surface area is 109 Å². The average Bonchev–Trinajstić information content (AvgIpc) is 2.76. The molecule has 0 unspecified atom stereocenters. The summed E-state index contributed by atoms with van der Waals surface area (Å²) in [6.07, 6.45) is 4.62. The van der Waals surface area contributed by atoms with Gasteiger partial charge in [-0.1, -0.05) is 12.5 Å². The molecule has 3 heteroatoms. The van der Waals surface area contributed by atoms with Gasteiger partial charge in [0.25, 0.3) is 0 Å². The minimum atomic E-state index is -0.505. The van der Waals surface area contributed by atoms with Crippen molar-refractivity contribution in [3.05, 3.63) is 29.7 Å². The molecule has 1 aliphatic rings. The van der Waals surface area contributed by atoms with Crippen LogP contribution in [-0.2, 0) is 0 Å². The molecule has 2 rings (SSSR count). The summed E-state index contributed by atoms with van der Waals surface area (Å²) in [4.78, 5) is 2.40. The van der Waals surface area contributed by atoms with Crippen LogP contribution in [0.4, 0.5) is 0 Å². The van der Waals surface area contributed by atoms with E-state index in [0.717, 1.165) is 31.8 Å². The van der Waals surface area contributed by atoms with E-state index in [1.165, 1.54) is 5.57 Å². The van der Waals surface area contributed by atoms with Crippen LogP contribution in [0.15, 0.2) is 28.4 Å². The predicted molar refractivity (Wildman–Crippen MR) is 73.2 cm³/mol. The van der Waals surface area contributed by atoms with Crippen molar-refractivity contribution in [3.8, 4) is 0 Å². The fourth-order valence-corrected chi connectivity index (χ4v) is 2.46. The van der Waals surface area contributed by atoms with Crippen LogP contribution in [0.25, 0.3) is 6.08 Å². The first-order chi connectivity index (χ1) is 8.47. The van der Waals surface area contributed by atoms with Gasteiger partial charge >= 0.3 is 0 Å². The first kappa shape index (κ1) is 13.4. The highest BCUT2D eigenvalue weighted by atomic mass is 16.3. The van der Waals surface area contributed by atoms with Gasteiger partial charge in [-0.3, -0.25) is 4.90 Å². The zero-order valence-corrected chi connectivity index (χ0v) is 11.5. The molecule has 0 bridgehead atoms. The van der Waals surface area contributed by atoms with Crippen molar-refractivity contribution in [3.63, 3.8) is 0 Å². The second kappa shape index (κ2) is 5.29. The molecule has 1 N–H and O–H groups in total. The summed E-state index contributed by atoms with van der Waals surface area (Å²) < 4.78 is 5.31. The lowest BCUT2D eigenvalue weighted by molar-refractivity contribution is -0.0484. The van der Waals surface area contributed by atoms with Crippen LogP contribution < -0.4 is 0 Å². The summed E-state index contributed by atoms with van der Waals surface area (Å²) in [7, 11) is 0. The van der Waals surface area contributed by atoms with E-state index in [-0.39, 0.29) is 0 Å². The van der Waals surface area contributed by atoms with E-state index < -0.39 is 5.60 Å². The quantitative estimate of drug-likeness (QED) is 0.895. The molecule has 1 aliphatic heterocycles. The Kier molecular flexibility index (Phi) is 3.93. The molecular formula is C15H23NO2. The average molecular weight is 249 g/mol. The van der Waals surface area contributed by atoms with Gasteiger partial charge in [0.1, 0.15) is 5.76 Å². The minimum absolute atomic E-state index is 0.322. The molecule has 3 nitrogen and oxygen atoms in total. The van der Waals surface area contributed by atoms with Crippen LogP contribution in [-0.4, -0.2) is 35.2 Å². The van der Waals surface area contributed by atoms with Crippen molar-refractivity contribution in [1.82, 2.24) is 4.90 Å². The van der Waals surface area contributed by atoms with Gasteiger partial charge in [-0.05, 0) is 44.4 Å². The van der Waals surface area contributed by atoms with Gasteiger partial charge in [-0.15, -0.1) is 0 Å². The highest BCUT2D eigenvalue weighted by Crippen LogP contribution is 2.27. The molecule has 0 spiro atoms. The van der Waals surface area contributed by atoms with Crippen LogP contribution in [0.2, 0.25) is 0 Å². The van der Waals surface area contributed by atoms with Crippen LogP contribution in [0.5, 0.6) is 0 Å². The number of hydrogen-bond donors (Lipinski definition) is 1. The number of hydrogen-bond acceptors (Lipinski definition) is 3. The summed E-state index contributed by atoms with van der Waals surface area (Å²) in [5.74, 6) is 1.23. The molecule has 0 amide bonds. The molecule has 1 aromatic heterocycles. The molecule has 0 radical (unpaired) electrons. The van der Waals surface area contributed by atoms with E-state index in [2.05, 4.69) is 24.8 Å². The maximum Gasteiger partial charge on any atom is 0.126 e. The van der Waals surface area contributed by atoms with E-state index in [9.17, 15) is 5.11 Å². The normalized spacial score (nSPS) is 30.7. The summed E-state index contributed by atoms with van der Waals surface area (Å²) in [6.45, 7) is 9.05.